The molecule has 1 aromatic rings. The Morgan fingerprint density at radius 1 is 1.33 bits per heavy atom. The summed E-state index contributed by atoms with van der Waals surface area (Å²) in [6.07, 6.45) is 0. The molecule has 0 fully saturated rings. The maximum absolute atomic E-state index is 4.91. The van der Waals surface area contributed by atoms with E-state index in [9.17, 15) is 0 Å². The third kappa shape index (κ3) is 1.88. The Hall–Kier alpha value is 0.330. The largest absolute Gasteiger partial charge is 0.340 e. The molecule has 48 valence electrons. The molecule has 0 bridgehead atoms. The van der Waals surface area contributed by atoms with Gasteiger partial charge in [0.2, 0.25) is 0 Å². The van der Waals surface area contributed by atoms with Crippen LogP contribution in [0.4, 0.5) is 0 Å². The Bertz CT molecular complexity index is 268. The predicted molar refractivity (Wildman–Crippen MR) is 47.0 cm³/mol. The highest BCUT2D eigenvalue weighted by Gasteiger charge is 1.88. The molecule has 1 rings (SSSR count). The van der Waals surface area contributed by atoms with Gasteiger partial charge in [0, 0.05) is 0 Å². The first-order valence-electron chi connectivity index (χ1n) is 2.24. The van der Waals surface area contributed by atoms with Crippen molar-refractivity contribution in [2.45, 2.75) is 0 Å². The van der Waals surface area contributed by atoms with Gasteiger partial charge in [-0.1, -0.05) is 12.2 Å². The summed E-state index contributed by atoms with van der Waals surface area (Å²) < 4.78 is 2.53. The first kappa shape index (κ1) is 7.44. The van der Waals surface area contributed by atoms with E-state index in [-0.39, 0.29) is 0 Å². The third-order valence-electron chi connectivity index (χ3n) is 0.826. The molecule has 1 nitrogen and oxygen atoms in total. The number of nitrogens with one attached hydrogen (secondary N) is 1. The maximum atomic E-state index is 4.91. The van der Waals surface area contributed by atoms with Crippen LogP contribution in [0.2, 0.25) is 0 Å². The Morgan fingerprint density at radius 2 is 2.00 bits per heavy atom. The van der Waals surface area contributed by atoms with Gasteiger partial charge in [-0.2, -0.15) is 0 Å². The lowest BCUT2D eigenvalue weighted by Crippen LogP contribution is -1.75. The van der Waals surface area contributed by atoms with Crippen molar-refractivity contribution in [3.05, 3.63) is 25.8 Å². The van der Waals surface area contributed by atoms with Crippen molar-refractivity contribution in [3.8, 4) is 0 Å². The van der Waals surface area contributed by atoms with Gasteiger partial charge in [0.15, 0.2) is 0 Å². The van der Waals surface area contributed by atoms with E-state index in [0.29, 0.717) is 4.64 Å². The number of halogens is 2. The highest BCUT2D eigenvalue weighted by atomic mass is 79.9. The minimum absolute atomic E-state index is 0.712. The molecule has 0 saturated carbocycles. The molecule has 0 atom stereocenters. The molecule has 0 amide bonds. The Morgan fingerprint density at radius 3 is 2.44 bits per heavy atom. The van der Waals surface area contributed by atoms with Crippen LogP contribution in [0.5, 0.6) is 0 Å². The molecule has 0 aliphatic heterocycles. The first-order valence-corrected chi connectivity index (χ1v) is 4.24. The quantitative estimate of drug-likeness (QED) is 0.564. The number of H-pyrrole nitrogens is 1. The summed E-state index contributed by atoms with van der Waals surface area (Å²) in [5.41, 5.74) is 0. The minimum Gasteiger partial charge on any atom is -0.340 e. The second-order valence-corrected chi connectivity index (χ2v) is 3.60. The van der Waals surface area contributed by atoms with E-state index in [1.54, 1.807) is 0 Å². The minimum atomic E-state index is 0.712. The van der Waals surface area contributed by atoms with Crippen molar-refractivity contribution in [1.29, 1.82) is 0 Å². The van der Waals surface area contributed by atoms with E-state index in [2.05, 4.69) is 36.8 Å². The Kier molecular flexibility index (Phi) is 2.43. The van der Waals surface area contributed by atoms with Gasteiger partial charge in [0.05, 0.1) is 9.08 Å². The topological polar surface area (TPSA) is 15.8 Å². The maximum Gasteiger partial charge on any atom is 0.118 e. The zero-order chi connectivity index (χ0) is 6.85. The van der Waals surface area contributed by atoms with Crippen LogP contribution in [-0.4, -0.2) is 4.98 Å². The number of aromatic nitrogens is 1. The number of pyridine rings is 1. The monoisotopic (exact) mass is 267 g/mol. The Balaban J connectivity index is 3.34. The van der Waals surface area contributed by atoms with Gasteiger partial charge in [-0.15, -0.1) is 0 Å². The van der Waals surface area contributed by atoms with E-state index >= 15 is 0 Å². The number of rotatable bonds is 0. The van der Waals surface area contributed by atoms with Crippen molar-refractivity contribution in [3.63, 3.8) is 0 Å². The molecule has 0 unspecified atom stereocenters. The fraction of sp³-hybridized carbons (Fsp3) is 0. The zero-order valence-corrected chi connectivity index (χ0v) is 8.31. The summed E-state index contributed by atoms with van der Waals surface area (Å²) in [5, 5.41) is 0. The van der Waals surface area contributed by atoms with E-state index in [4.69, 9.17) is 12.2 Å². The van der Waals surface area contributed by atoms with Crippen molar-refractivity contribution in [1.82, 2.24) is 4.98 Å². The molecule has 0 aliphatic rings. The number of hydrogen-bond acceptors (Lipinski definition) is 1. The number of hydrogen-bond donors (Lipinski definition) is 1. The molecule has 1 aromatic heterocycles. The van der Waals surface area contributed by atoms with Gasteiger partial charge < -0.3 is 4.98 Å². The molecule has 0 radical (unpaired) electrons. The highest BCUT2D eigenvalue weighted by molar-refractivity contribution is 9.11. The van der Waals surface area contributed by atoms with Crippen molar-refractivity contribution < 1.29 is 0 Å². The van der Waals surface area contributed by atoms with Crippen molar-refractivity contribution >= 4 is 44.1 Å². The summed E-state index contributed by atoms with van der Waals surface area (Å²) in [4.78, 5) is 2.92. The second-order valence-electron chi connectivity index (χ2n) is 1.48. The molecule has 1 N–H and O–H groups in total. The van der Waals surface area contributed by atoms with Crippen molar-refractivity contribution in [2.75, 3.05) is 0 Å². The normalized spacial score (nSPS) is 9.56. The summed E-state index contributed by atoms with van der Waals surface area (Å²) in [6, 6.07) is 3.78. The summed E-state index contributed by atoms with van der Waals surface area (Å²) in [7, 11) is 0. The van der Waals surface area contributed by atoms with Crippen LogP contribution in [0.1, 0.15) is 0 Å². The lowest BCUT2D eigenvalue weighted by atomic mass is 10.5. The van der Waals surface area contributed by atoms with Crippen molar-refractivity contribution in [2.24, 2.45) is 0 Å². The Labute approximate surface area is 74.7 Å². The van der Waals surface area contributed by atoms with Crippen LogP contribution in [-0.2, 0) is 0 Å². The molecule has 4 heteroatoms. The summed E-state index contributed by atoms with van der Waals surface area (Å²) in [6.45, 7) is 0. The smallest absolute Gasteiger partial charge is 0.118 e. The lowest BCUT2D eigenvalue weighted by molar-refractivity contribution is 1.23. The van der Waals surface area contributed by atoms with Gasteiger partial charge in [0.1, 0.15) is 4.64 Å². The van der Waals surface area contributed by atoms with E-state index < -0.39 is 0 Å². The molecular weight excluding hydrogens is 266 g/mol. The predicted octanol–water partition coefficient (Wildman–Crippen LogP) is 3.27. The van der Waals surface area contributed by atoms with Crippen LogP contribution in [0, 0.1) is 4.64 Å². The summed E-state index contributed by atoms with van der Waals surface area (Å²) in [5.74, 6) is 0. The van der Waals surface area contributed by atoms with Gasteiger partial charge in [-0.25, -0.2) is 0 Å². The van der Waals surface area contributed by atoms with E-state index in [1.165, 1.54) is 0 Å². The molecule has 0 spiro atoms. The lowest BCUT2D eigenvalue weighted by Gasteiger charge is -1.90. The SMILES string of the molecule is S=c1[nH]c(Br)ccc1Br. The molecular formula is C5H3Br2NS. The molecule has 0 aliphatic carbocycles. The molecule has 1 heterocycles. The molecule has 0 aromatic carbocycles. The zero-order valence-electron chi connectivity index (χ0n) is 4.32. The van der Waals surface area contributed by atoms with E-state index in [1.807, 2.05) is 12.1 Å². The highest BCUT2D eigenvalue weighted by Crippen LogP contribution is 2.13. The fourth-order valence-electron chi connectivity index (χ4n) is 0.432. The third-order valence-corrected chi connectivity index (χ3v) is 2.53. The molecule has 9 heavy (non-hydrogen) atoms. The van der Waals surface area contributed by atoms with Crippen LogP contribution in [0.15, 0.2) is 21.2 Å². The average Bonchev–Trinajstić information content (AvgIpc) is 1.80. The second kappa shape index (κ2) is 2.94. The first-order chi connectivity index (χ1) is 4.20. The van der Waals surface area contributed by atoms with Crippen LogP contribution in [0.25, 0.3) is 0 Å². The number of aromatic amines is 1. The van der Waals surface area contributed by atoms with Gasteiger partial charge >= 0.3 is 0 Å². The standard InChI is InChI=1S/C5H3Br2NS/c6-3-1-2-4(7)8-5(3)9/h1-2H,(H,8,9). The van der Waals surface area contributed by atoms with Gasteiger partial charge in [-0.3, -0.25) is 0 Å². The van der Waals surface area contributed by atoms with E-state index in [0.717, 1.165) is 9.08 Å². The fourth-order valence-corrected chi connectivity index (χ4v) is 1.30. The average molecular weight is 269 g/mol. The van der Waals surface area contributed by atoms with Gasteiger partial charge in [0.25, 0.3) is 0 Å². The van der Waals surface area contributed by atoms with Crippen LogP contribution >= 0.6 is 44.1 Å². The molecule has 0 saturated heterocycles. The van der Waals surface area contributed by atoms with Gasteiger partial charge in [-0.05, 0) is 44.0 Å². The van der Waals surface area contributed by atoms with Crippen LogP contribution < -0.4 is 0 Å². The summed E-state index contributed by atoms with van der Waals surface area (Å²) >= 11 is 11.4. The van der Waals surface area contributed by atoms with Crippen LogP contribution in [0.3, 0.4) is 0 Å².